The Hall–Kier alpha value is -4.17. The second-order valence-corrected chi connectivity index (χ2v) is 9.44. The van der Waals surface area contributed by atoms with Gasteiger partial charge in [-0.05, 0) is 86.4 Å². The molecule has 0 aromatic heterocycles. The third-order valence-corrected chi connectivity index (χ3v) is 6.74. The van der Waals surface area contributed by atoms with Crippen molar-refractivity contribution in [1.82, 2.24) is 4.90 Å². The second kappa shape index (κ2) is 11.7. The topological polar surface area (TPSA) is 123 Å². The van der Waals surface area contributed by atoms with E-state index in [1.54, 1.807) is 18.2 Å². The Kier molecular flexibility index (Phi) is 8.20. The molecule has 0 saturated carbocycles. The zero-order valence-corrected chi connectivity index (χ0v) is 21.0. The maximum absolute atomic E-state index is 13.1. The summed E-state index contributed by atoms with van der Waals surface area (Å²) in [5, 5.41) is 20.1. The van der Waals surface area contributed by atoms with Crippen LogP contribution in [-0.2, 0) is 12.8 Å². The summed E-state index contributed by atoms with van der Waals surface area (Å²) in [6.45, 7) is 4.01. The van der Waals surface area contributed by atoms with Crippen LogP contribution < -0.4 is 16.0 Å². The van der Waals surface area contributed by atoms with E-state index in [-0.39, 0.29) is 17.3 Å². The van der Waals surface area contributed by atoms with Gasteiger partial charge < -0.3 is 26.0 Å². The van der Waals surface area contributed by atoms with Crippen molar-refractivity contribution in [2.24, 2.45) is 5.73 Å². The van der Waals surface area contributed by atoms with Crippen LogP contribution in [-0.4, -0.2) is 60.9 Å². The smallest absolute Gasteiger partial charge is 0.335 e. The van der Waals surface area contributed by atoms with Crippen LogP contribution in [0.5, 0.6) is 0 Å². The molecule has 0 spiro atoms. The van der Waals surface area contributed by atoms with E-state index in [9.17, 15) is 14.7 Å². The number of carbonyl (C=O) groups excluding carboxylic acids is 1. The van der Waals surface area contributed by atoms with Gasteiger partial charge in [-0.3, -0.25) is 10.2 Å². The number of amides is 1. The molecule has 3 aromatic carbocycles. The van der Waals surface area contributed by atoms with Crippen LogP contribution in [0, 0.1) is 5.41 Å². The van der Waals surface area contributed by atoms with Crippen molar-refractivity contribution in [3.63, 3.8) is 0 Å². The molecule has 0 atom stereocenters. The molecule has 8 nitrogen and oxygen atoms in total. The molecule has 0 unspecified atom stereocenters. The number of amidine groups is 1. The minimum Gasteiger partial charge on any atom is -0.478 e. The van der Waals surface area contributed by atoms with Gasteiger partial charge in [0.1, 0.15) is 5.84 Å². The minimum atomic E-state index is -1.05. The number of likely N-dealkylation sites (N-methyl/N-ethyl adjacent to an activating group) is 1. The number of nitrogens with two attached hydrogens (primary N) is 1. The van der Waals surface area contributed by atoms with E-state index >= 15 is 0 Å². The first-order valence-corrected chi connectivity index (χ1v) is 12.4. The number of carboxylic acids is 1. The molecule has 0 radical (unpaired) electrons. The SMILES string of the molecule is CN1CCCN(c2ccc(C(=O)Nc3cc(C(=O)O)ccc3CCc3cccc(C(=N)N)c3)cc2)CC1. The van der Waals surface area contributed by atoms with Crippen molar-refractivity contribution in [1.29, 1.82) is 5.41 Å². The molecule has 0 bridgehead atoms. The Balaban J connectivity index is 1.49. The molecule has 1 heterocycles. The predicted octanol–water partition coefficient (Wildman–Crippen LogP) is 3.85. The molecular weight excluding hydrogens is 466 g/mol. The Bertz CT molecular complexity index is 1290. The highest BCUT2D eigenvalue weighted by molar-refractivity contribution is 6.05. The third kappa shape index (κ3) is 6.74. The van der Waals surface area contributed by atoms with E-state index in [4.69, 9.17) is 11.1 Å². The summed E-state index contributed by atoms with van der Waals surface area (Å²) < 4.78 is 0. The molecule has 3 aromatic rings. The van der Waals surface area contributed by atoms with Crippen molar-refractivity contribution < 1.29 is 14.7 Å². The first-order chi connectivity index (χ1) is 17.8. The average molecular weight is 500 g/mol. The third-order valence-electron chi connectivity index (χ3n) is 6.74. The van der Waals surface area contributed by atoms with E-state index in [1.165, 1.54) is 6.07 Å². The molecule has 192 valence electrons. The first kappa shape index (κ1) is 25.9. The number of carbonyl (C=O) groups is 2. The van der Waals surface area contributed by atoms with Crippen LogP contribution in [0.2, 0.25) is 0 Å². The number of hydrogen-bond acceptors (Lipinski definition) is 5. The molecule has 1 amide bonds. The maximum Gasteiger partial charge on any atom is 0.335 e. The normalized spacial score (nSPS) is 14.1. The molecule has 1 saturated heterocycles. The fourth-order valence-corrected chi connectivity index (χ4v) is 4.54. The fourth-order valence-electron chi connectivity index (χ4n) is 4.54. The van der Waals surface area contributed by atoms with Gasteiger partial charge >= 0.3 is 5.97 Å². The summed E-state index contributed by atoms with van der Waals surface area (Å²) >= 11 is 0. The van der Waals surface area contributed by atoms with E-state index in [0.717, 1.165) is 49.4 Å². The largest absolute Gasteiger partial charge is 0.478 e. The van der Waals surface area contributed by atoms with Crippen LogP contribution in [0.25, 0.3) is 0 Å². The number of aromatic carboxylic acids is 1. The number of aryl methyl sites for hydroxylation is 2. The highest BCUT2D eigenvalue weighted by atomic mass is 16.4. The molecule has 4 rings (SSSR count). The van der Waals surface area contributed by atoms with Gasteiger partial charge in [0.05, 0.1) is 5.56 Å². The van der Waals surface area contributed by atoms with Crippen molar-refractivity contribution in [3.05, 3.63) is 94.5 Å². The molecule has 5 N–H and O–H groups in total. The van der Waals surface area contributed by atoms with E-state index in [2.05, 4.69) is 22.2 Å². The quantitative estimate of drug-likeness (QED) is 0.276. The molecular formula is C29H33N5O3. The summed E-state index contributed by atoms with van der Waals surface area (Å²) in [7, 11) is 2.13. The lowest BCUT2D eigenvalue weighted by Crippen LogP contribution is -2.28. The number of nitrogens with zero attached hydrogens (tertiary/aromatic N) is 2. The number of benzene rings is 3. The van der Waals surface area contributed by atoms with Crippen molar-refractivity contribution >= 4 is 29.1 Å². The molecule has 37 heavy (non-hydrogen) atoms. The fraction of sp³-hybridized carbons (Fsp3) is 0.276. The Morgan fingerprint density at radius 1 is 0.919 bits per heavy atom. The van der Waals surface area contributed by atoms with Gasteiger partial charge in [-0.25, -0.2) is 4.79 Å². The number of nitrogen functional groups attached to an aromatic ring is 1. The van der Waals surface area contributed by atoms with Crippen LogP contribution >= 0.6 is 0 Å². The zero-order chi connectivity index (χ0) is 26.4. The van der Waals surface area contributed by atoms with Gasteiger partial charge in [0.15, 0.2) is 0 Å². The predicted molar refractivity (Wildman–Crippen MR) is 147 cm³/mol. The summed E-state index contributed by atoms with van der Waals surface area (Å²) in [5.41, 5.74) is 10.3. The van der Waals surface area contributed by atoms with Crippen LogP contribution in [0.3, 0.4) is 0 Å². The first-order valence-electron chi connectivity index (χ1n) is 12.4. The summed E-state index contributed by atoms with van der Waals surface area (Å²) in [6, 6.07) is 19.8. The van der Waals surface area contributed by atoms with Crippen molar-refractivity contribution in [2.45, 2.75) is 19.3 Å². The van der Waals surface area contributed by atoms with Gasteiger partial charge in [-0.15, -0.1) is 0 Å². The lowest BCUT2D eigenvalue weighted by molar-refractivity contribution is 0.0696. The number of anilines is 2. The second-order valence-electron chi connectivity index (χ2n) is 9.44. The molecule has 1 fully saturated rings. The van der Waals surface area contributed by atoms with Gasteiger partial charge in [0, 0.05) is 42.1 Å². The summed E-state index contributed by atoms with van der Waals surface area (Å²) in [4.78, 5) is 29.3. The maximum atomic E-state index is 13.1. The number of carboxylic acid groups (broad SMARTS) is 1. The van der Waals surface area contributed by atoms with Crippen molar-refractivity contribution in [3.8, 4) is 0 Å². The van der Waals surface area contributed by atoms with Gasteiger partial charge in [0.25, 0.3) is 5.91 Å². The average Bonchev–Trinajstić information content (AvgIpc) is 3.12. The zero-order valence-electron chi connectivity index (χ0n) is 21.0. The molecule has 1 aliphatic rings. The Morgan fingerprint density at radius 3 is 2.41 bits per heavy atom. The molecule has 1 aliphatic heterocycles. The van der Waals surface area contributed by atoms with Gasteiger partial charge in [-0.2, -0.15) is 0 Å². The van der Waals surface area contributed by atoms with E-state index in [0.29, 0.717) is 29.7 Å². The Morgan fingerprint density at radius 2 is 1.68 bits per heavy atom. The van der Waals surface area contributed by atoms with Crippen molar-refractivity contribution in [2.75, 3.05) is 43.4 Å². The lowest BCUT2D eigenvalue weighted by Gasteiger charge is -2.23. The minimum absolute atomic E-state index is 0.00908. The van der Waals surface area contributed by atoms with Gasteiger partial charge in [-0.1, -0.05) is 24.3 Å². The van der Waals surface area contributed by atoms with Gasteiger partial charge in [0.2, 0.25) is 0 Å². The highest BCUT2D eigenvalue weighted by Crippen LogP contribution is 2.23. The molecule has 0 aliphatic carbocycles. The monoisotopic (exact) mass is 499 g/mol. The number of hydrogen-bond donors (Lipinski definition) is 4. The number of rotatable bonds is 8. The summed E-state index contributed by atoms with van der Waals surface area (Å²) in [6.07, 6.45) is 2.33. The van der Waals surface area contributed by atoms with E-state index < -0.39 is 5.97 Å². The van der Waals surface area contributed by atoms with E-state index in [1.807, 2.05) is 42.5 Å². The Labute approximate surface area is 217 Å². The lowest BCUT2D eigenvalue weighted by atomic mass is 9.99. The highest BCUT2D eigenvalue weighted by Gasteiger charge is 2.15. The summed E-state index contributed by atoms with van der Waals surface area (Å²) in [5.74, 6) is -1.33. The van der Waals surface area contributed by atoms with Crippen LogP contribution in [0.4, 0.5) is 11.4 Å². The standard InChI is InChI=1S/C29H33N5O3/c1-33-14-3-15-34(17-16-33)25-12-10-22(11-13-25)28(35)32-26-19-24(29(36)37)9-8-21(26)7-6-20-4-2-5-23(18-20)27(30)31/h2,4-5,8-13,18-19H,3,6-7,14-17H2,1H3,(H3,30,31)(H,32,35)(H,36,37). The number of nitrogens with one attached hydrogen (secondary N) is 2. The van der Waals surface area contributed by atoms with Crippen LogP contribution in [0.1, 0.15) is 43.8 Å². The van der Waals surface area contributed by atoms with Crippen LogP contribution in [0.15, 0.2) is 66.7 Å². The molecule has 8 heteroatoms.